The number of oxime groups is 1. The normalized spacial score (nSPS) is 19.6. The second kappa shape index (κ2) is 12.4. The van der Waals surface area contributed by atoms with Crippen molar-refractivity contribution in [2.75, 3.05) is 17.2 Å². The summed E-state index contributed by atoms with van der Waals surface area (Å²) in [5.41, 5.74) is 5.14. The van der Waals surface area contributed by atoms with Crippen molar-refractivity contribution in [3.63, 3.8) is 0 Å². The number of hydrogen-bond donors (Lipinski definition) is 5. The molecule has 0 aromatic carbocycles. The zero-order valence-corrected chi connectivity index (χ0v) is 25.7. The second-order valence-electron chi connectivity index (χ2n) is 10.3. The van der Waals surface area contributed by atoms with Crippen molar-refractivity contribution < 1.29 is 39.2 Å². The molecule has 2 atom stereocenters. The quantitative estimate of drug-likeness (QED) is 0.0480. The molecule has 6 rings (SSSR count). The molecule has 6 N–H and O–H groups in total. The first kappa shape index (κ1) is 30.5. The van der Waals surface area contributed by atoms with E-state index in [0.29, 0.717) is 27.9 Å². The van der Waals surface area contributed by atoms with E-state index in [4.69, 9.17) is 10.6 Å². The largest absolute Gasteiger partial charge is 0.503 e. The van der Waals surface area contributed by atoms with Crippen LogP contribution >= 0.6 is 34.9 Å². The lowest BCUT2D eigenvalue weighted by Crippen LogP contribution is -2.71. The fourth-order valence-electron chi connectivity index (χ4n) is 4.74. The Bertz CT molecular complexity index is 1800. The summed E-state index contributed by atoms with van der Waals surface area (Å²) in [5.74, 6) is -2.58. The molecule has 5 heterocycles. The van der Waals surface area contributed by atoms with Crippen LogP contribution in [0, 0.1) is 0 Å². The number of thiazole rings is 1. The molecule has 2 amide bonds. The number of thioether (sulfide) groups is 2. The summed E-state index contributed by atoms with van der Waals surface area (Å²) in [6, 6.07) is 4.44. The Kier molecular flexibility index (Phi) is 8.43. The molecule has 0 bridgehead atoms. The van der Waals surface area contributed by atoms with Gasteiger partial charge in [-0.3, -0.25) is 19.3 Å². The van der Waals surface area contributed by atoms with Crippen LogP contribution in [0.1, 0.15) is 30.3 Å². The molecule has 1 saturated heterocycles. The third-order valence-electron chi connectivity index (χ3n) is 7.18. The van der Waals surface area contributed by atoms with Crippen LogP contribution in [-0.4, -0.2) is 76.5 Å². The Hall–Kier alpha value is -4.55. The number of carbonyl (C=O) groups excluding carboxylic acids is 2. The molecule has 15 nitrogen and oxygen atoms in total. The number of amides is 2. The van der Waals surface area contributed by atoms with Crippen LogP contribution in [0.2, 0.25) is 0 Å². The summed E-state index contributed by atoms with van der Waals surface area (Å²) in [6.45, 7) is -0.464. The number of hydrogen-bond acceptors (Lipinski definition) is 13. The highest BCUT2D eigenvalue weighted by atomic mass is 32.2. The topological polar surface area (TPSA) is 214 Å². The number of pyridine rings is 2. The minimum Gasteiger partial charge on any atom is -0.503 e. The first-order valence-corrected chi connectivity index (χ1v) is 16.4. The van der Waals surface area contributed by atoms with Crippen LogP contribution in [-0.2, 0) is 25.8 Å². The summed E-state index contributed by atoms with van der Waals surface area (Å²) in [4.78, 5) is 62.0. The van der Waals surface area contributed by atoms with Crippen molar-refractivity contribution in [2.45, 2.75) is 41.8 Å². The molecule has 2 aliphatic heterocycles. The van der Waals surface area contributed by atoms with E-state index in [9.17, 15) is 34.6 Å². The number of nitrogens with one attached hydrogen (secondary N) is 1. The maximum Gasteiger partial charge on any atom is 0.352 e. The van der Waals surface area contributed by atoms with Gasteiger partial charge in [0.15, 0.2) is 41.6 Å². The lowest BCUT2D eigenvalue weighted by Gasteiger charge is -2.49. The monoisotopic (exact) mass is 672 g/mol. The van der Waals surface area contributed by atoms with Gasteiger partial charge in [0.25, 0.3) is 11.8 Å². The fourth-order valence-corrected chi connectivity index (χ4v) is 7.65. The summed E-state index contributed by atoms with van der Waals surface area (Å²) in [5, 5.41) is 36.7. The van der Waals surface area contributed by atoms with E-state index >= 15 is 0 Å². The van der Waals surface area contributed by atoms with Crippen LogP contribution in [0.25, 0.3) is 0 Å². The highest BCUT2D eigenvalue weighted by Crippen LogP contribution is 2.41. The number of anilines is 1. The van der Waals surface area contributed by atoms with E-state index in [0.717, 1.165) is 28.5 Å². The smallest absolute Gasteiger partial charge is 0.352 e. The van der Waals surface area contributed by atoms with Gasteiger partial charge in [-0.25, -0.2) is 14.3 Å². The SMILES string of the molecule is Nc1nc(C(=NOCc2cc(=O)c(O)cn2O)C(=O)N[C@@H]2C(=O)N3C(C(=O)O)=C(CSc4cc[n+](C5CC5)cc4)CS[C@H]23)cs1. The van der Waals surface area contributed by atoms with Crippen molar-refractivity contribution in [2.24, 2.45) is 5.16 Å². The molecule has 2 fully saturated rings. The van der Waals surface area contributed by atoms with Crippen molar-refractivity contribution in [1.29, 1.82) is 0 Å². The molecule has 0 unspecified atom stereocenters. The van der Waals surface area contributed by atoms with Gasteiger partial charge in [-0.2, -0.15) is 4.73 Å². The van der Waals surface area contributed by atoms with E-state index in [-0.39, 0.29) is 27.9 Å². The number of carboxylic acid groups (broad SMARTS) is 1. The van der Waals surface area contributed by atoms with Gasteiger partial charge in [0, 0.05) is 52.8 Å². The van der Waals surface area contributed by atoms with Gasteiger partial charge in [0.2, 0.25) is 5.43 Å². The predicted octanol–water partition coefficient (Wildman–Crippen LogP) is 0.904. The third-order valence-corrected chi connectivity index (χ3v) is 10.3. The molecule has 18 heteroatoms. The second-order valence-corrected chi connectivity index (χ2v) is 13.3. The molecule has 0 spiro atoms. The molecule has 45 heavy (non-hydrogen) atoms. The minimum atomic E-state index is -1.22. The van der Waals surface area contributed by atoms with Gasteiger partial charge in [0.05, 0.1) is 6.20 Å². The van der Waals surface area contributed by atoms with Gasteiger partial charge in [-0.1, -0.05) is 5.16 Å². The number of nitrogens with two attached hydrogens (primary N) is 1. The van der Waals surface area contributed by atoms with E-state index in [1.807, 2.05) is 24.5 Å². The Morgan fingerprint density at radius 1 is 1.27 bits per heavy atom. The Balaban J connectivity index is 1.14. The van der Waals surface area contributed by atoms with Gasteiger partial charge in [0.1, 0.15) is 28.5 Å². The number of carbonyl (C=O) groups is 3. The van der Waals surface area contributed by atoms with E-state index in [1.165, 1.54) is 46.6 Å². The molecule has 1 aliphatic carbocycles. The fraction of sp³-hybridized carbons (Fsp3) is 0.296. The first-order chi connectivity index (χ1) is 21.6. The number of rotatable bonds is 11. The first-order valence-electron chi connectivity index (χ1n) is 13.5. The van der Waals surface area contributed by atoms with Gasteiger partial charge >= 0.3 is 5.97 Å². The highest BCUT2D eigenvalue weighted by Gasteiger charge is 2.54. The molecule has 0 radical (unpaired) electrons. The zero-order chi connectivity index (χ0) is 31.8. The van der Waals surface area contributed by atoms with Gasteiger partial charge in [-0.05, 0) is 5.57 Å². The lowest BCUT2D eigenvalue weighted by atomic mass is 10.0. The summed E-state index contributed by atoms with van der Waals surface area (Å²) in [7, 11) is 0. The van der Waals surface area contributed by atoms with E-state index in [2.05, 4.69) is 20.0 Å². The number of nitrogens with zero attached hydrogens (tertiary/aromatic N) is 5. The Morgan fingerprint density at radius 2 is 2.02 bits per heavy atom. The molecular weight excluding hydrogens is 647 g/mol. The van der Waals surface area contributed by atoms with Crippen molar-refractivity contribution in [3.05, 3.63) is 75.1 Å². The molecule has 3 aromatic rings. The Labute approximate surface area is 267 Å². The molecule has 3 aliphatic rings. The molecule has 3 aromatic heterocycles. The summed E-state index contributed by atoms with van der Waals surface area (Å²) < 4.78 is 2.63. The van der Waals surface area contributed by atoms with E-state index in [1.54, 1.807) is 0 Å². The third kappa shape index (κ3) is 6.34. The molecule has 1 saturated carbocycles. The predicted molar refractivity (Wildman–Crippen MR) is 163 cm³/mol. The van der Waals surface area contributed by atoms with Gasteiger partial charge < -0.3 is 31.3 Å². The van der Waals surface area contributed by atoms with Crippen molar-refractivity contribution >= 4 is 63.5 Å². The van der Waals surface area contributed by atoms with Crippen molar-refractivity contribution in [3.8, 4) is 5.75 Å². The highest BCUT2D eigenvalue weighted by molar-refractivity contribution is 8.01. The zero-order valence-electron chi connectivity index (χ0n) is 23.2. The minimum absolute atomic E-state index is 0.0519. The van der Waals surface area contributed by atoms with Crippen LogP contribution in [0.4, 0.5) is 5.13 Å². The lowest BCUT2D eigenvalue weighted by molar-refractivity contribution is -0.700. The van der Waals surface area contributed by atoms with Crippen LogP contribution in [0.3, 0.4) is 0 Å². The average Bonchev–Trinajstić information content (AvgIpc) is 3.78. The molecular formula is C27H26N7O8S3+. The number of aromatic hydroxyl groups is 1. The standard InChI is InChI=1S/C27H25N7O8S3/c28-27-29-17(12-45-27)20(31-42-9-15-7-18(35)19(36)8-33(15)41)23(37)30-21-24(38)34-22(26(39)40)13(11-44-25(21)34)10-43-16-3-5-32(6-4-16)14-1-2-14/h3-8,12,14,21,25,41H,1-2,9-11H2,(H4-,28,29,30,36,37,39,40)/p+1/t21-,25-/m1/s1. The Morgan fingerprint density at radius 3 is 2.69 bits per heavy atom. The maximum atomic E-state index is 13.3. The molecule has 234 valence electrons. The number of aromatic nitrogens is 3. The maximum absolute atomic E-state index is 13.3. The van der Waals surface area contributed by atoms with Crippen molar-refractivity contribution in [1.82, 2.24) is 19.9 Å². The van der Waals surface area contributed by atoms with Crippen LogP contribution < -0.4 is 21.0 Å². The number of fused-ring (bicyclic) bond motifs is 1. The van der Waals surface area contributed by atoms with Crippen LogP contribution in [0.5, 0.6) is 5.75 Å². The number of aliphatic carboxylic acids is 1. The average molecular weight is 673 g/mol. The number of β-lactam (4-membered cyclic amide) rings is 1. The van der Waals surface area contributed by atoms with Crippen LogP contribution in [0.15, 0.2) is 68.3 Å². The summed E-state index contributed by atoms with van der Waals surface area (Å²) in [6.07, 6.45) is 7.17. The van der Waals surface area contributed by atoms with Gasteiger partial charge in [-0.15, -0.1) is 34.9 Å². The number of nitrogen functional groups attached to an aromatic ring is 1. The summed E-state index contributed by atoms with van der Waals surface area (Å²) >= 11 is 3.87. The number of carboxylic acids is 1. The van der Waals surface area contributed by atoms with E-state index < -0.39 is 47.0 Å².